The fraction of sp³-hybridized carbons (Fsp3) is 0.238. The molecule has 0 unspecified atom stereocenters. The first kappa shape index (κ1) is 18.1. The first-order chi connectivity index (χ1) is 12.5. The summed E-state index contributed by atoms with van der Waals surface area (Å²) < 4.78 is 6.11. The van der Waals surface area contributed by atoms with E-state index in [0.29, 0.717) is 22.0 Å². The van der Waals surface area contributed by atoms with Crippen molar-refractivity contribution < 1.29 is 14.3 Å². The van der Waals surface area contributed by atoms with Crippen LogP contribution < -0.4 is 5.32 Å². The average Bonchev–Trinajstić information content (AvgIpc) is 2.99. The third-order valence-corrected chi connectivity index (χ3v) is 5.23. The van der Waals surface area contributed by atoms with E-state index >= 15 is 0 Å². The minimum atomic E-state index is -0.421. The van der Waals surface area contributed by atoms with Crippen LogP contribution in [0.15, 0.2) is 48.5 Å². The van der Waals surface area contributed by atoms with Gasteiger partial charge in [0.2, 0.25) is 0 Å². The van der Waals surface area contributed by atoms with E-state index in [2.05, 4.69) is 19.2 Å². The Kier molecular flexibility index (Phi) is 5.38. The van der Waals surface area contributed by atoms with Crippen molar-refractivity contribution in [2.75, 3.05) is 11.9 Å². The summed E-state index contributed by atoms with van der Waals surface area (Å²) in [5, 5.41) is 4.19. The molecule has 5 heteroatoms. The molecule has 0 saturated carbocycles. The third-order valence-electron chi connectivity index (χ3n) is 4.14. The van der Waals surface area contributed by atoms with Crippen LogP contribution in [-0.4, -0.2) is 18.5 Å². The lowest BCUT2D eigenvalue weighted by molar-refractivity contribution is 0.0530. The highest BCUT2D eigenvalue weighted by atomic mass is 32.1. The maximum Gasteiger partial charge on any atom is 0.341 e. The van der Waals surface area contributed by atoms with Crippen molar-refractivity contribution in [3.8, 4) is 0 Å². The van der Waals surface area contributed by atoms with Gasteiger partial charge in [-0.15, -0.1) is 11.3 Å². The van der Waals surface area contributed by atoms with Crippen molar-refractivity contribution in [1.29, 1.82) is 0 Å². The largest absolute Gasteiger partial charge is 0.462 e. The summed E-state index contributed by atoms with van der Waals surface area (Å²) >= 11 is 1.38. The highest BCUT2D eigenvalue weighted by Gasteiger charge is 2.21. The zero-order valence-electron chi connectivity index (χ0n) is 15.0. The number of carbonyl (C=O) groups excluding carboxylic acids is 2. The lowest BCUT2D eigenvalue weighted by atomic mass is 10.0. The minimum Gasteiger partial charge on any atom is -0.462 e. The van der Waals surface area contributed by atoms with Gasteiger partial charge in [0.1, 0.15) is 10.6 Å². The Hall–Kier alpha value is -2.66. The molecule has 1 amide bonds. The number of ether oxygens (including phenoxy) is 1. The molecule has 0 saturated heterocycles. The molecule has 0 aliphatic carbocycles. The number of hydrogen-bond acceptors (Lipinski definition) is 4. The molecule has 26 heavy (non-hydrogen) atoms. The van der Waals surface area contributed by atoms with E-state index in [1.807, 2.05) is 48.5 Å². The molecule has 0 fully saturated rings. The Morgan fingerprint density at radius 3 is 2.42 bits per heavy atom. The first-order valence-corrected chi connectivity index (χ1v) is 9.42. The number of anilines is 1. The molecule has 3 rings (SSSR count). The third kappa shape index (κ3) is 3.63. The van der Waals surface area contributed by atoms with E-state index in [0.717, 1.165) is 10.1 Å². The van der Waals surface area contributed by atoms with Gasteiger partial charge in [-0.3, -0.25) is 4.79 Å². The second-order valence-electron chi connectivity index (χ2n) is 6.25. The summed E-state index contributed by atoms with van der Waals surface area (Å²) in [6, 6.07) is 15.1. The van der Waals surface area contributed by atoms with Crippen LogP contribution in [0.1, 0.15) is 53.0 Å². The molecule has 0 spiro atoms. The van der Waals surface area contributed by atoms with Crippen LogP contribution in [0.4, 0.5) is 5.00 Å². The van der Waals surface area contributed by atoms with Gasteiger partial charge in [0.15, 0.2) is 0 Å². The molecule has 3 aromatic rings. The topological polar surface area (TPSA) is 55.4 Å². The number of benzene rings is 2. The molecular weight excluding hydrogens is 346 g/mol. The maximum absolute atomic E-state index is 12.6. The number of hydrogen-bond donors (Lipinski definition) is 1. The van der Waals surface area contributed by atoms with E-state index < -0.39 is 5.97 Å². The van der Waals surface area contributed by atoms with Crippen molar-refractivity contribution >= 4 is 38.3 Å². The van der Waals surface area contributed by atoms with E-state index in [9.17, 15) is 9.59 Å². The predicted molar refractivity (Wildman–Crippen MR) is 106 cm³/mol. The van der Waals surface area contributed by atoms with Gasteiger partial charge in [0.05, 0.1) is 6.61 Å². The molecule has 1 aromatic heterocycles. The van der Waals surface area contributed by atoms with Gasteiger partial charge >= 0.3 is 5.97 Å². The molecule has 0 radical (unpaired) electrons. The van der Waals surface area contributed by atoms with E-state index in [-0.39, 0.29) is 12.5 Å². The minimum absolute atomic E-state index is 0.239. The molecule has 0 atom stereocenters. The normalized spacial score (nSPS) is 10.9. The van der Waals surface area contributed by atoms with E-state index in [1.54, 1.807) is 6.92 Å². The Labute approximate surface area is 156 Å². The summed E-state index contributed by atoms with van der Waals surface area (Å²) in [5.41, 5.74) is 2.15. The van der Waals surface area contributed by atoms with Crippen LogP contribution in [0.25, 0.3) is 10.1 Å². The van der Waals surface area contributed by atoms with Gasteiger partial charge in [0, 0.05) is 15.6 Å². The monoisotopic (exact) mass is 367 g/mol. The van der Waals surface area contributed by atoms with Gasteiger partial charge in [0.25, 0.3) is 5.91 Å². The summed E-state index contributed by atoms with van der Waals surface area (Å²) in [7, 11) is 0. The summed E-state index contributed by atoms with van der Waals surface area (Å²) in [5.74, 6) is -0.252. The fourth-order valence-electron chi connectivity index (χ4n) is 2.73. The number of rotatable bonds is 5. The molecule has 134 valence electrons. The zero-order chi connectivity index (χ0) is 18.7. The number of esters is 1. The molecule has 0 aliphatic heterocycles. The highest BCUT2D eigenvalue weighted by Crippen LogP contribution is 2.36. The van der Waals surface area contributed by atoms with E-state index in [4.69, 9.17) is 4.74 Å². The van der Waals surface area contributed by atoms with Gasteiger partial charge in [-0.1, -0.05) is 44.2 Å². The Morgan fingerprint density at radius 1 is 1.08 bits per heavy atom. The number of thiophene rings is 1. The van der Waals surface area contributed by atoms with Crippen molar-refractivity contribution in [3.05, 3.63) is 65.2 Å². The standard InChI is InChI=1S/C21H21NO3S/c1-4-25-21(24)18-16-7-5-6-8-17(16)26-20(18)22-19(23)15-11-9-14(10-12-15)13(2)3/h5-13H,4H2,1-3H3,(H,22,23). The van der Waals surface area contributed by atoms with Gasteiger partial charge in [-0.2, -0.15) is 0 Å². The Balaban J connectivity index is 1.93. The molecule has 1 heterocycles. The average molecular weight is 367 g/mol. The molecule has 0 aliphatic rings. The zero-order valence-corrected chi connectivity index (χ0v) is 15.9. The number of fused-ring (bicyclic) bond motifs is 1. The van der Waals surface area contributed by atoms with Crippen molar-refractivity contribution in [2.24, 2.45) is 0 Å². The molecule has 1 N–H and O–H groups in total. The van der Waals surface area contributed by atoms with Crippen molar-refractivity contribution in [1.82, 2.24) is 0 Å². The summed E-state index contributed by atoms with van der Waals surface area (Å²) in [6.07, 6.45) is 0. The maximum atomic E-state index is 12.6. The van der Waals surface area contributed by atoms with Crippen LogP contribution in [0.5, 0.6) is 0 Å². The van der Waals surface area contributed by atoms with Gasteiger partial charge in [-0.25, -0.2) is 4.79 Å². The fourth-order valence-corrected chi connectivity index (χ4v) is 3.82. The Morgan fingerprint density at radius 2 is 1.77 bits per heavy atom. The number of carbonyl (C=O) groups is 2. The Bertz CT molecular complexity index is 942. The highest BCUT2D eigenvalue weighted by molar-refractivity contribution is 7.23. The van der Waals surface area contributed by atoms with Crippen molar-refractivity contribution in [2.45, 2.75) is 26.7 Å². The smallest absolute Gasteiger partial charge is 0.341 e. The summed E-state index contributed by atoms with van der Waals surface area (Å²) in [6.45, 7) is 6.27. The van der Waals surface area contributed by atoms with Crippen LogP contribution in [0.2, 0.25) is 0 Å². The van der Waals surface area contributed by atoms with Crippen LogP contribution in [0.3, 0.4) is 0 Å². The van der Waals surface area contributed by atoms with Crippen LogP contribution in [-0.2, 0) is 4.74 Å². The molecule has 4 nitrogen and oxygen atoms in total. The molecular formula is C21H21NO3S. The number of nitrogens with one attached hydrogen (secondary N) is 1. The van der Waals surface area contributed by atoms with Gasteiger partial charge in [-0.05, 0) is 36.6 Å². The van der Waals surface area contributed by atoms with Gasteiger partial charge < -0.3 is 10.1 Å². The lowest BCUT2D eigenvalue weighted by Crippen LogP contribution is -2.14. The lowest BCUT2D eigenvalue weighted by Gasteiger charge is -2.08. The quantitative estimate of drug-likeness (QED) is 0.610. The van der Waals surface area contributed by atoms with Crippen molar-refractivity contribution in [3.63, 3.8) is 0 Å². The molecule has 2 aromatic carbocycles. The number of amides is 1. The van der Waals surface area contributed by atoms with E-state index in [1.165, 1.54) is 16.9 Å². The molecule has 0 bridgehead atoms. The second-order valence-corrected chi connectivity index (χ2v) is 7.31. The second kappa shape index (κ2) is 7.70. The SMILES string of the molecule is CCOC(=O)c1c(NC(=O)c2ccc(C(C)C)cc2)sc2ccccc12. The first-order valence-electron chi connectivity index (χ1n) is 8.61. The predicted octanol–water partition coefficient (Wildman–Crippen LogP) is 5.45. The van der Waals surface area contributed by atoms with Crippen LogP contribution >= 0.6 is 11.3 Å². The summed E-state index contributed by atoms with van der Waals surface area (Å²) in [4.78, 5) is 25.1. The van der Waals surface area contributed by atoms with Crippen LogP contribution in [0, 0.1) is 0 Å².